The summed E-state index contributed by atoms with van der Waals surface area (Å²) in [7, 11) is 0. The molecule has 1 aromatic heterocycles. The third kappa shape index (κ3) is 5.06. The lowest BCUT2D eigenvalue weighted by Crippen LogP contribution is -2.38. The first-order valence-corrected chi connectivity index (χ1v) is 13.2. The Labute approximate surface area is 220 Å². The minimum atomic E-state index is -0.610. The van der Waals surface area contributed by atoms with Gasteiger partial charge in [-0.05, 0) is 56.2 Å². The molecule has 3 aromatic rings. The summed E-state index contributed by atoms with van der Waals surface area (Å²) < 4.78 is 23.1. The minimum absolute atomic E-state index is 0.0861. The first kappa shape index (κ1) is 25.6. The van der Waals surface area contributed by atoms with Crippen LogP contribution in [0.15, 0.2) is 45.6 Å². The molecule has 8 nitrogen and oxygen atoms in total. The molecule has 0 N–H and O–H groups in total. The van der Waals surface area contributed by atoms with Crippen LogP contribution in [0.25, 0.3) is 11.0 Å². The number of carbonyl (C=O) groups excluding carboxylic acids is 1. The monoisotopic (exact) mass is 526 g/mol. The maximum absolute atomic E-state index is 13.8. The average Bonchev–Trinajstić information content (AvgIpc) is 3.18. The molecule has 1 saturated heterocycles. The van der Waals surface area contributed by atoms with E-state index >= 15 is 0 Å². The van der Waals surface area contributed by atoms with Crippen LogP contribution in [0, 0.1) is 0 Å². The maximum Gasteiger partial charge on any atom is 0.290 e. The summed E-state index contributed by atoms with van der Waals surface area (Å²) >= 11 is 6.20. The molecule has 2 aliphatic heterocycles. The number of hydrogen-bond donors (Lipinski definition) is 0. The number of halogens is 1. The number of ether oxygens (including phenoxy) is 3. The lowest BCUT2D eigenvalue weighted by molar-refractivity contribution is 0.0353. The van der Waals surface area contributed by atoms with Crippen LogP contribution in [0.5, 0.6) is 11.5 Å². The third-order valence-corrected chi connectivity index (χ3v) is 7.02. The van der Waals surface area contributed by atoms with Gasteiger partial charge >= 0.3 is 0 Å². The molecule has 196 valence electrons. The molecule has 1 atom stereocenters. The number of rotatable bonds is 9. The normalized spacial score (nSPS) is 17.9. The van der Waals surface area contributed by atoms with Crippen LogP contribution >= 0.6 is 11.6 Å². The largest absolute Gasteiger partial charge is 0.490 e. The highest BCUT2D eigenvalue weighted by Gasteiger charge is 2.42. The van der Waals surface area contributed by atoms with Gasteiger partial charge in [0.25, 0.3) is 5.91 Å². The van der Waals surface area contributed by atoms with E-state index in [-0.39, 0.29) is 17.1 Å². The summed E-state index contributed by atoms with van der Waals surface area (Å²) in [6.45, 7) is 9.26. The number of benzene rings is 2. The van der Waals surface area contributed by atoms with Crippen molar-refractivity contribution >= 4 is 28.5 Å². The van der Waals surface area contributed by atoms with E-state index in [0.717, 1.165) is 44.8 Å². The van der Waals surface area contributed by atoms with Crippen molar-refractivity contribution in [1.82, 2.24) is 9.80 Å². The highest BCUT2D eigenvalue weighted by atomic mass is 35.5. The highest BCUT2D eigenvalue weighted by molar-refractivity contribution is 6.31. The van der Waals surface area contributed by atoms with Gasteiger partial charge in [-0.1, -0.05) is 17.7 Å². The standard InChI is InChI=1S/C28H31ClN2O6/c1-3-35-22-8-6-18(16-23(22)36-4-2)25-24-26(32)20-17-19(29)7-9-21(20)37-27(24)28(33)31(25)11-5-10-30-12-14-34-15-13-30/h6-9,16-17,25H,3-5,10-15H2,1-2H3. The highest BCUT2D eigenvalue weighted by Crippen LogP contribution is 2.41. The van der Waals surface area contributed by atoms with Gasteiger partial charge in [-0.25, -0.2) is 0 Å². The van der Waals surface area contributed by atoms with Gasteiger partial charge in [-0.2, -0.15) is 0 Å². The smallest absolute Gasteiger partial charge is 0.290 e. The van der Waals surface area contributed by atoms with E-state index in [1.807, 2.05) is 32.0 Å². The van der Waals surface area contributed by atoms with Gasteiger partial charge in [0, 0.05) is 31.2 Å². The number of morpholine rings is 1. The fourth-order valence-corrected chi connectivity index (χ4v) is 5.27. The lowest BCUT2D eigenvalue weighted by Gasteiger charge is -2.29. The Morgan fingerprint density at radius 1 is 0.973 bits per heavy atom. The first-order valence-electron chi connectivity index (χ1n) is 12.8. The van der Waals surface area contributed by atoms with E-state index in [9.17, 15) is 9.59 Å². The summed E-state index contributed by atoms with van der Waals surface area (Å²) in [5.74, 6) is 0.990. The molecular formula is C28H31ClN2O6. The van der Waals surface area contributed by atoms with E-state index in [4.69, 9.17) is 30.2 Å². The van der Waals surface area contributed by atoms with Crippen LogP contribution in [0.3, 0.4) is 0 Å². The van der Waals surface area contributed by atoms with Crippen molar-refractivity contribution in [2.24, 2.45) is 0 Å². The Morgan fingerprint density at radius 2 is 1.73 bits per heavy atom. The van der Waals surface area contributed by atoms with Crippen LogP contribution in [0.2, 0.25) is 5.02 Å². The van der Waals surface area contributed by atoms with Gasteiger partial charge in [0.05, 0.1) is 43.4 Å². The fourth-order valence-electron chi connectivity index (χ4n) is 5.10. The summed E-state index contributed by atoms with van der Waals surface area (Å²) in [6, 6.07) is 9.84. The van der Waals surface area contributed by atoms with Crippen LogP contribution < -0.4 is 14.9 Å². The molecular weight excluding hydrogens is 496 g/mol. The molecule has 0 saturated carbocycles. The van der Waals surface area contributed by atoms with Crippen molar-refractivity contribution in [2.45, 2.75) is 26.3 Å². The Bertz CT molecular complexity index is 1350. The van der Waals surface area contributed by atoms with Crippen molar-refractivity contribution in [2.75, 3.05) is 52.6 Å². The van der Waals surface area contributed by atoms with Crippen LogP contribution in [0.1, 0.15) is 48.0 Å². The Balaban J connectivity index is 1.57. The second-order valence-electron chi connectivity index (χ2n) is 9.10. The number of nitrogens with zero attached hydrogens (tertiary/aromatic N) is 2. The number of hydrogen-bond acceptors (Lipinski definition) is 7. The third-order valence-electron chi connectivity index (χ3n) is 6.79. The molecule has 0 radical (unpaired) electrons. The van der Waals surface area contributed by atoms with E-state index in [2.05, 4.69) is 4.90 Å². The minimum Gasteiger partial charge on any atom is -0.490 e. The zero-order chi connectivity index (χ0) is 25.9. The van der Waals surface area contributed by atoms with Crippen molar-refractivity contribution in [3.8, 4) is 11.5 Å². The van der Waals surface area contributed by atoms with Gasteiger partial charge in [0.15, 0.2) is 16.9 Å². The molecule has 9 heteroatoms. The predicted molar refractivity (Wildman–Crippen MR) is 141 cm³/mol. The van der Waals surface area contributed by atoms with E-state index in [0.29, 0.717) is 52.8 Å². The van der Waals surface area contributed by atoms with Crippen molar-refractivity contribution < 1.29 is 23.4 Å². The molecule has 0 spiro atoms. The zero-order valence-electron chi connectivity index (χ0n) is 21.1. The SMILES string of the molecule is CCOc1ccc(C2c3c(oc4ccc(Cl)cc4c3=O)C(=O)N2CCCN2CCOCC2)cc1OCC. The van der Waals surface area contributed by atoms with E-state index < -0.39 is 6.04 Å². The average molecular weight is 527 g/mol. The summed E-state index contributed by atoms with van der Waals surface area (Å²) in [5.41, 5.74) is 1.19. The molecule has 1 unspecified atom stereocenters. The lowest BCUT2D eigenvalue weighted by atomic mass is 9.98. The van der Waals surface area contributed by atoms with Gasteiger partial charge in [-0.15, -0.1) is 0 Å². The second kappa shape index (κ2) is 11.1. The molecule has 1 amide bonds. The second-order valence-corrected chi connectivity index (χ2v) is 9.53. The molecule has 3 heterocycles. The Morgan fingerprint density at radius 3 is 2.49 bits per heavy atom. The quantitative estimate of drug-likeness (QED) is 0.405. The summed E-state index contributed by atoms with van der Waals surface area (Å²) in [6.07, 6.45) is 0.755. The molecule has 2 aromatic carbocycles. The predicted octanol–water partition coefficient (Wildman–Crippen LogP) is 4.51. The van der Waals surface area contributed by atoms with Gasteiger partial charge in [0.2, 0.25) is 5.76 Å². The molecule has 37 heavy (non-hydrogen) atoms. The molecule has 0 aliphatic carbocycles. The molecule has 0 bridgehead atoms. The first-order chi connectivity index (χ1) is 18.0. The zero-order valence-corrected chi connectivity index (χ0v) is 21.9. The molecule has 2 aliphatic rings. The number of fused-ring (bicyclic) bond motifs is 2. The number of carbonyl (C=O) groups is 1. The van der Waals surface area contributed by atoms with Crippen LogP contribution in [-0.2, 0) is 4.74 Å². The fraction of sp³-hybridized carbons (Fsp3) is 0.429. The van der Waals surface area contributed by atoms with Crippen LogP contribution in [0.4, 0.5) is 0 Å². The van der Waals surface area contributed by atoms with E-state index in [1.54, 1.807) is 23.1 Å². The van der Waals surface area contributed by atoms with E-state index in [1.165, 1.54) is 0 Å². The van der Waals surface area contributed by atoms with Gasteiger partial charge in [0.1, 0.15) is 5.58 Å². The maximum atomic E-state index is 13.8. The van der Waals surface area contributed by atoms with Gasteiger partial charge in [-0.3, -0.25) is 14.5 Å². The summed E-state index contributed by atoms with van der Waals surface area (Å²) in [4.78, 5) is 31.5. The molecule has 1 fully saturated rings. The Kier molecular flexibility index (Phi) is 7.69. The van der Waals surface area contributed by atoms with Crippen LogP contribution in [-0.4, -0.2) is 68.3 Å². The van der Waals surface area contributed by atoms with Crippen molar-refractivity contribution in [1.29, 1.82) is 0 Å². The summed E-state index contributed by atoms with van der Waals surface area (Å²) in [5, 5.41) is 0.790. The Hall–Kier alpha value is -3.07. The topological polar surface area (TPSA) is 81.5 Å². The number of amides is 1. The molecule has 5 rings (SSSR count). The van der Waals surface area contributed by atoms with Crippen molar-refractivity contribution in [3.05, 3.63) is 68.5 Å². The van der Waals surface area contributed by atoms with Gasteiger partial charge < -0.3 is 23.5 Å². The van der Waals surface area contributed by atoms with Crippen molar-refractivity contribution in [3.63, 3.8) is 0 Å².